The molecule has 5 rings (SSSR count). The third-order valence-corrected chi connectivity index (χ3v) is 5.18. The van der Waals surface area contributed by atoms with Crippen molar-refractivity contribution in [2.24, 2.45) is 5.10 Å². The zero-order valence-electron chi connectivity index (χ0n) is 17.5. The van der Waals surface area contributed by atoms with Crippen LogP contribution in [0, 0.1) is 10.1 Å². The number of hydrogen-bond acceptors (Lipinski definition) is 9. The second-order valence-electron chi connectivity index (χ2n) is 7.36. The number of hydrazone groups is 1. The minimum atomic E-state index is -1.35. The van der Waals surface area contributed by atoms with E-state index in [0.29, 0.717) is 28.3 Å². The van der Waals surface area contributed by atoms with Crippen molar-refractivity contribution < 1.29 is 19.5 Å². The number of para-hydroxylation sites is 1. The molecule has 11 heteroatoms. The van der Waals surface area contributed by atoms with Crippen LogP contribution in [0.5, 0.6) is 11.5 Å². The van der Waals surface area contributed by atoms with Crippen molar-refractivity contribution in [2.45, 2.75) is 6.10 Å². The molecule has 0 saturated heterocycles. The Bertz CT molecular complexity index is 1480. The second-order valence-corrected chi connectivity index (χ2v) is 7.36. The van der Waals surface area contributed by atoms with Gasteiger partial charge in [0.2, 0.25) is 6.79 Å². The molecule has 1 unspecified atom stereocenters. The van der Waals surface area contributed by atoms with E-state index in [4.69, 9.17) is 9.47 Å². The van der Waals surface area contributed by atoms with Crippen LogP contribution in [0.25, 0.3) is 11.0 Å². The van der Waals surface area contributed by atoms with Crippen molar-refractivity contribution in [3.63, 3.8) is 0 Å². The van der Waals surface area contributed by atoms with Crippen molar-refractivity contribution >= 4 is 28.1 Å². The van der Waals surface area contributed by atoms with E-state index in [0.717, 1.165) is 0 Å². The maximum absolute atomic E-state index is 12.9. The number of nitro benzene ring substituents is 1. The Kier molecular flexibility index (Phi) is 5.36. The number of hydrogen-bond donors (Lipinski definition) is 3. The van der Waals surface area contributed by atoms with Crippen molar-refractivity contribution in [3.05, 3.63) is 98.5 Å². The average molecular weight is 459 g/mol. The van der Waals surface area contributed by atoms with E-state index in [2.05, 4.69) is 20.5 Å². The van der Waals surface area contributed by atoms with E-state index >= 15 is 0 Å². The minimum Gasteiger partial charge on any atom is -0.454 e. The number of non-ortho nitro benzene ring substituents is 1. The number of nitro groups is 1. The maximum Gasteiger partial charge on any atom is 0.276 e. The lowest BCUT2D eigenvalue weighted by molar-refractivity contribution is -0.384. The van der Waals surface area contributed by atoms with Crippen LogP contribution in [0.3, 0.4) is 0 Å². The van der Waals surface area contributed by atoms with E-state index in [-0.39, 0.29) is 29.4 Å². The quantitative estimate of drug-likeness (QED) is 0.226. The lowest BCUT2D eigenvalue weighted by Gasteiger charge is -2.15. The molecular formula is C23H17N5O6. The summed E-state index contributed by atoms with van der Waals surface area (Å²) in [5.41, 5.74) is 3.32. The number of rotatable bonds is 6. The molecule has 3 aromatic carbocycles. The van der Waals surface area contributed by atoms with Crippen LogP contribution in [0.4, 0.5) is 11.4 Å². The van der Waals surface area contributed by atoms with Gasteiger partial charge in [0.05, 0.1) is 21.6 Å². The van der Waals surface area contributed by atoms with Crippen molar-refractivity contribution in [1.82, 2.24) is 9.97 Å². The summed E-state index contributed by atoms with van der Waals surface area (Å²) in [5.74, 6) is 1.000. The van der Waals surface area contributed by atoms with Gasteiger partial charge in [0, 0.05) is 12.1 Å². The van der Waals surface area contributed by atoms with Crippen LogP contribution < -0.4 is 20.5 Å². The number of aliphatic hydroxyl groups excluding tert-OH is 1. The first-order valence-electron chi connectivity index (χ1n) is 10.1. The predicted molar refractivity (Wildman–Crippen MR) is 123 cm³/mol. The van der Waals surface area contributed by atoms with Crippen LogP contribution >= 0.6 is 0 Å². The average Bonchev–Trinajstić information content (AvgIpc) is 3.32. The molecule has 0 amide bonds. The van der Waals surface area contributed by atoms with Crippen molar-refractivity contribution in [2.75, 3.05) is 12.2 Å². The predicted octanol–water partition coefficient (Wildman–Crippen LogP) is 3.11. The number of aromatic amines is 1. The molecule has 170 valence electrons. The number of H-pyrrole nitrogens is 1. The fourth-order valence-corrected chi connectivity index (χ4v) is 3.48. The molecule has 1 aromatic heterocycles. The summed E-state index contributed by atoms with van der Waals surface area (Å²) in [7, 11) is 0. The molecule has 0 aliphatic carbocycles. The third-order valence-electron chi connectivity index (χ3n) is 5.18. The lowest BCUT2D eigenvalue weighted by Crippen LogP contribution is -2.26. The third kappa shape index (κ3) is 4.02. The number of aromatic nitrogens is 2. The summed E-state index contributed by atoms with van der Waals surface area (Å²) in [5, 5.41) is 26.6. The number of benzene rings is 3. The second kappa shape index (κ2) is 8.64. The summed E-state index contributed by atoms with van der Waals surface area (Å²) in [6, 6.07) is 17.8. The Morgan fingerprint density at radius 2 is 1.91 bits per heavy atom. The van der Waals surface area contributed by atoms with Gasteiger partial charge in [-0.25, -0.2) is 4.98 Å². The molecule has 0 fully saturated rings. The van der Waals surface area contributed by atoms with E-state index in [1.807, 2.05) is 6.07 Å². The van der Waals surface area contributed by atoms with Crippen LogP contribution in [-0.2, 0) is 0 Å². The molecule has 2 heterocycles. The number of ether oxygens (including phenoxy) is 2. The fraction of sp³-hybridized carbons (Fsp3) is 0.0870. The van der Waals surface area contributed by atoms with Crippen LogP contribution in [-0.4, -0.2) is 32.5 Å². The summed E-state index contributed by atoms with van der Waals surface area (Å²) in [6.07, 6.45) is -1.35. The fourth-order valence-electron chi connectivity index (χ4n) is 3.48. The molecule has 0 saturated carbocycles. The van der Waals surface area contributed by atoms with Gasteiger partial charge in [-0.1, -0.05) is 24.3 Å². The van der Waals surface area contributed by atoms with Gasteiger partial charge in [0.25, 0.3) is 11.2 Å². The zero-order chi connectivity index (χ0) is 23.7. The van der Waals surface area contributed by atoms with Crippen LogP contribution in [0.2, 0.25) is 0 Å². The molecule has 34 heavy (non-hydrogen) atoms. The highest BCUT2D eigenvalue weighted by atomic mass is 16.7. The first kappa shape index (κ1) is 21.1. The number of aliphatic hydroxyl groups is 1. The van der Waals surface area contributed by atoms with Gasteiger partial charge in [0.1, 0.15) is 11.8 Å². The molecule has 3 N–H and O–H groups in total. The molecule has 1 aliphatic rings. The molecular weight excluding hydrogens is 442 g/mol. The lowest BCUT2D eigenvalue weighted by atomic mass is 10.0. The van der Waals surface area contributed by atoms with Crippen molar-refractivity contribution in [1.29, 1.82) is 0 Å². The highest BCUT2D eigenvalue weighted by molar-refractivity contribution is 6.03. The van der Waals surface area contributed by atoms with E-state index in [9.17, 15) is 20.0 Å². The Balaban J connectivity index is 1.61. The first-order valence-corrected chi connectivity index (χ1v) is 10.1. The van der Waals surface area contributed by atoms with Gasteiger partial charge >= 0.3 is 0 Å². The Morgan fingerprint density at radius 1 is 1.12 bits per heavy atom. The van der Waals surface area contributed by atoms with Crippen LogP contribution in [0.15, 0.2) is 76.6 Å². The minimum absolute atomic E-state index is 0.0516. The largest absolute Gasteiger partial charge is 0.454 e. The van der Waals surface area contributed by atoms with E-state index in [1.54, 1.807) is 42.5 Å². The molecule has 1 aliphatic heterocycles. The number of nitrogens with one attached hydrogen (secondary N) is 2. The van der Waals surface area contributed by atoms with E-state index < -0.39 is 16.6 Å². The van der Waals surface area contributed by atoms with E-state index in [1.165, 1.54) is 18.2 Å². The molecule has 0 radical (unpaired) electrons. The highest BCUT2D eigenvalue weighted by Gasteiger charge is 2.25. The van der Waals surface area contributed by atoms with Crippen molar-refractivity contribution in [3.8, 4) is 11.5 Å². The molecule has 4 aromatic rings. The Morgan fingerprint density at radius 3 is 2.71 bits per heavy atom. The van der Waals surface area contributed by atoms with Crippen LogP contribution in [0.1, 0.15) is 17.4 Å². The Labute approximate surface area is 191 Å². The van der Waals surface area contributed by atoms with Gasteiger partial charge in [-0.15, -0.1) is 0 Å². The summed E-state index contributed by atoms with van der Waals surface area (Å²) >= 11 is 0. The highest BCUT2D eigenvalue weighted by Crippen LogP contribution is 2.35. The van der Waals surface area contributed by atoms with Gasteiger partial charge in [0.15, 0.2) is 17.2 Å². The molecule has 1 atom stereocenters. The standard InChI is InChI=1S/C23H17N5O6/c29-22(13-6-9-18-19(10-13)34-12-33-18)20(27-26-14-4-2-1-3-5-14)21-23(30)25-17-11-15(28(31)32)7-8-16(17)24-21/h1-11,22,26,29H,12H2,(H,25,30)/b27-20-. The summed E-state index contributed by atoms with van der Waals surface area (Å²) in [4.78, 5) is 30.4. The Hall–Kier alpha value is -4.77. The summed E-state index contributed by atoms with van der Waals surface area (Å²) in [6.45, 7) is 0.0728. The summed E-state index contributed by atoms with van der Waals surface area (Å²) < 4.78 is 10.7. The monoisotopic (exact) mass is 459 g/mol. The van der Waals surface area contributed by atoms with Gasteiger partial charge in [-0.2, -0.15) is 5.10 Å². The topological polar surface area (TPSA) is 152 Å². The SMILES string of the molecule is O=c1[nH]c2cc([N+](=O)[O-])ccc2nc1/C(=N/Nc1ccccc1)C(O)c1ccc2c(c1)OCO2. The van der Waals surface area contributed by atoms with Gasteiger partial charge in [-0.05, 0) is 35.9 Å². The maximum atomic E-state index is 12.9. The number of nitrogens with zero attached hydrogens (tertiary/aromatic N) is 3. The first-order chi connectivity index (χ1) is 16.5. The normalized spacial score (nSPS) is 13.6. The molecule has 0 bridgehead atoms. The molecule has 0 spiro atoms. The van der Waals surface area contributed by atoms with Gasteiger partial charge < -0.3 is 19.6 Å². The number of anilines is 1. The number of fused-ring (bicyclic) bond motifs is 2. The van der Waals surface area contributed by atoms with Gasteiger partial charge in [-0.3, -0.25) is 20.3 Å². The molecule has 11 nitrogen and oxygen atoms in total. The smallest absolute Gasteiger partial charge is 0.276 e. The zero-order valence-corrected chi connectivity index (χ0v) is 17.5.